The minimum absolute atomic E-state index is 0.0753. The molecule has 1 aromatic carbocycles. The molecule has 2 nitrogen and oxygen atoms in total. The van der Waals surface area contributed by atoms with E-state index in [1.54, 1.807) is 0 Å². The van der Waals surface area contributed by atoms with Crippen LogP contribution < -0.4 is 5.32 Å². The van der Waals surface area contributed by atoms with Gasteiger partial charge in [0.15, 0.2) is 0 Å². The van der Waals surface area contributed by atoms with Crippen molar-refractivity contribution in [3.8, 4) is 0 Å². The highest BCUT2D eigenvalue weighted by atomic mass is 32.1. The lowest BCUT2D eigenvalue weighted by molar-refractivity contribution is -0.120. The molecule has 0 aliphatic heterocycles. The Morgan fingerprint density at radius 1 is 1.50 bits per heavy atom. The SMILES string of the molecule is CCC(=O)NCc1ccc(C)c(S)c1. The Morgan fingerprint density at radius 3 is 2.79 bits per heavy atom. The molecule has 1 amide bonds. The van der Waals surface area contributed by atoms with Crippen molar-refractivity contribution >= 4 is 18.5 Å². The van der Waals surface area contributed by atoms with Gasteiger partial charge >= 0.3 is 0 Å². The molecule has 0 spiro atoms. The van der Waals surface area contributed by atoms with E-state index in [0.717, 1.165) is 16.0 Å². The van der Waals surface area contributed by atoms with Gasteiger partial charge in [0, 0.05) is 17.9 Å². The number of carbonyl (C=O) groups is 1. The van der Waals surface area contributed by atoms with Crippen LogP contribution in [0.4, 0.5) is 0 Å². The van der Waals surface area contributed by atoms with Crippen LogP contribution in [0.5, 0.6) is 0 Å². The van der Waals surface area contributed by atoms with Crippen molar-refractivity contribution in [2.75, 3.05) is 0 Å². The monoisotopic (exact) mass is 209 g/mol. The zero-order valence-corrected chi connectivity index (χ0v) is 9.40. The molecule has 0 atom stereocenters. The summed E-state index contributed by atoms with van der Waals surface area (Å²) < 4.78 is 0. The number of hydrogen-bond acceptors (Lipinski definition) is 2. The van der Waals surface area contributed by atoms with Gasteiger partial charge in [-0.3, -0.25) is 4.79 Å². The second-order valence-corrected chi connectivity index (χ2v) is 3.73. The summed E-state index contributed by atoms with van der Waals surface area (Å²) in [5.74, 6) is 0.0753. The minimum Gasteiger partial charge on any atom is -0.352 e. The minimum atomic E-state index is 0.0753. The Hall–Kier alpha value is -0.960. The molecule has 0 heterocycles. The first-order valence-electron chi connectivity index (χ1n) is 4.68. The van der Waals surface area contributed by atoms with Gasteiger partial charge in [0.1, 0.15) is 0 Å². The van der Waals surface area contributed by atoms with Crippen LogP contribution in [0, 0.1) is 6.92 Å². The first-order chi connectivity index (χ1) is 6.63. The average Bonchev–Trinajstić information content (AvgIpc) is 2.19. The normalized spacial score (nSPS) is 9.93. The van der Waals surface area contributed by atoms with Gasteiger partial charge in [-0.1, -0.05) is 19.1 Å². The highest BCUT2D eigenvalue weighted by Gasteiger charge is 1.99. The zero-order chi connectivity index (χ0) is 10.6. The maximum atomic E-state index is 11.0. The molecule has 1 N–H and O–H groups in total. The highest BCUT2D eigenvalue weighted by Crippen LogP contribution is 2.14. The predicted octanol–water partition coefficient (Wildman–Crippen LogP) is 2.31. The summed E-state index contributed by atoms with van der Waals surface area (Å²) in [4.78, 5) is 12.0. The van der Waals surface area contributed by atoms with Crippen molar-refractivity contribution in [3.05, 3.63) is 29.3 Å². The van der Waals surface area contributed by atoms with Gasteiger partial charge in [0.25, 0.3) is 0 Å². The smallest absolute Gasteiger partial charge is 0.219 e. The standard InChI is InChI=1S/C11H15NOS/c1-3-11(13)12-7-9-5-4-8(2)10(14)6-9/h4-6,14H,3,7H2,1-2H3,(H,12,13). The van der Waals surface area contributed by atoms with Crippen molar-refractivity contribution < 1.29 is 4.79 Å². The molecule has 0 unspecified atom stereocenters. The Morgan fingerprint density at radius 2 is 2.21 bits per heavy atom. The van der Waals surface area contributed by atoms with Crippen molar-refractivity contribution in [3.63, 3.8) is 0 Å². The Balaban J connectivity index is 2.60. The number of benzene rings is 1. The van der Waals surface area contributed by atoms with Crippen LogP contribution in [0.2, 0.25) is 0 Å². The molecule has 1 aromatic rings. The summed E-state index contributed by atoms with van der Waals surface area (Å²) in [6.45, 7) is 4.44. The largest absolute Gasteiger partial charge is 0.352 e. The van der Waals surface area contributed by atoms with Gasteiger partial charge in [0.2, 0.25) is 5.91 Å². The number of thiol groups is 1. The summed E-state index contributed by atoms with van der Waals surface area (Å²) in [7, 11) is 0. The van der Waals surface area contributed by atoms with Crippen LogP contribution in [0.3, 0.4) is 0 Å². The molecule has 3 heteroatoms. The summed E-state index contributed by atoms with van der Waals surface area (Å²) in [5.41, 5.74) is 2.24. The Kier molecular flexibility index (Phi) is 4.01. The van der Waals surface area contributed by atoms with Gasteiger partial charge < -0.3 is 5.32 Å². The van der Waals surface area contributed by atoms with E-state index in [-0.39, 0.29) is 5.91 Å². The third-order valence-electron chi connectivity index (χ3n) is 2.08. The van der Waals surface area contributed by atoms with Gasteiger partial charge in [-0.05, 0) is 24.1 Å². The summed E-state index contributed by atoms with van der Waals surface area (Å²) >= 11 is 4.32. The third kappa shape index (κ3) is 3.07. The van der Waals surface area contributed by atoms with Crippen molar-refractivity contribution in [2.45, 2.75) is 31.7 Å². The zero-order valence-electron chi connectivity index (χ0n) is 8.50. The van der Waals surface area contributed by atoms with Gasteiger partial charge in [-0.25, -0.2) is 0 Å². The van der Waals surface area contributed by atoms with Crippen LogP contribution in [0.1, 0.15) is 24.5 Å². The molecule has 0 aromatic heterocycles. The van der Waals surface area contributed by atoms with Crippen LogP contribution in [-0.2, 0) is 11.3 Å². The van der Waals surface area contributed by atoms with E-state index in [9.17, 15) is 4.79 Å². The van der Waals surface area contributed by atoms with E-state index in [0.29, 0.717) is 13.0 Å². The van der Waals surface area contributed by atoms with Crippen molar-refractivity contribution in [1.29, 1.82) is 0 Å². The van der Waals surface area contributed by atoms with Crippen LogP contribution >= 0.6 is 12.6 Å². The number of carbonyl (C=O) groups excluding carboxylic acids is 1. The van der Waals surface area contributed by atoms with Crippen molar-refractivity contribution in [1.82, 2.24) is 5.32 Å². The van der Waals surface area contributed by atoms with Gasteiger partial charge in [-0.2, -0.15) is 0 Å². The van der Waals surface area contributed by atoms with Gasteiger partial charge in [-0.15, -0.1) is 12.6 Å². The number of amides is 1. The fraction of sp³-hybridized carbons (Fsp3) is 0.364. The summed E-state index contributed by atoms with van der Waals surface area (Å²) in [6.07, 6.45) is 0.527. The van der Waals surface area contributed by atoms with E-state index in [1.165, 1.54) is 0 Å². The molecule has 0 fully saturated rings. The quantitative estimate of drug-likeness (QED) is 0.735. The number of rotatable bonds is 3. The van der Waals surface area contributed by atoms with E-state index < -0.39 is 0 Å². The molecular formula is C11H15NOS. The fourth-order valence-electron chi connectivity index (χ4n) is 1.09. The molecule has 0 aliphatic carbocycles. The lowest BCUT2D eigenvalue weighted by atomic mass is 10.1. The van der Waals surface area contributed by atoms with Crippen molar-refractivity contribution in [2.24, 2.45) is 0 Å². The Bertz CT molecular complexity index is 336. The number of nitrogens with one attached hydrogen (secondary N) is 1. The molecule has 0 aliphatic rings. The second kappa shape index (κ2) is 5.05. The third-order valence-corrected chi connectivity index (χ3v) is 2.57. The predicted molar refractivity (Wildman–Crippen MR) is 60.6 cm³/mol. The number of hydrogen-bond donors (Lipinski definition) is 2. The molecule has 0 saturated carbocycles. The van der Waals surface area contributed by atoms with Crippen LogP contribution in [0.25, 0.3) is 0 Å². The topological polar surface area (TPSA) is 29.1 Å². The number of aryl methyl sites for hydroxylation is 1. The first-order valence-corrected chi connectivity index (χ1v) is 5.13. The molecule has 0 bridgehead atoms. The molecule has 0 saturated heterocycles. The fourth-order valence-corrected chi connectivity index (χ4v) is 1.33. The summed E-state index contributed by atoms with van der Waals surface area (Å²) in [5, 5.41) is 2.82. The van der Waals surface area contributed by atoms with Gasteiger partial charge in [0.05, 0.1) is 0 Å². The van der Waals surface area contributed by atoms with E-state index in [2.05, 4.69) is 17.9 Å². The lowest BCUT2D eigenvalue weighted by Crippen LogP contribution is -2.21. The molecule has 76 valence electrons. The maximum Gasteiger partial charge on any atom is 0.219 e. The lowest BCUT2D eigenvalue weighted by Gasteiger charge is -2.05. The molecule has 14 heavy (non-hydrogen) atoms. The van der Waals surface area contributed by atoms with E-state index in [4.69, 9.17) is 0 Å². The first kappa shape index (κ1) is 11.1. The highest BCUT2D eigenvalue weighted by molar-refractivity contribution is 7.80. The molecule has 1 rings (SSSR count). The molecule has 0 radical (unpaired) electrons. The van der Waals surface area contributed by atoms with Crippen LogP contribution in [0.15, 0.2) is 23.1 Å². The Labute approximate surface area is 90.1 Å². The second-order valence-electron chi connectivity index (χ2n) is 3.25. The molecular weight excluding hydrogens is 194 g/mol. The van der Waals surface area contributed by atoms with E-state index in [1.807, 2.05) is 32.0 Å². The van der Waals surface area contributed by atoms with E-state index >= 15 is 0 Å². The maximum absolute atomic E-state index is 11.0. The van der Waals surface area contributed by atoms with Crippen LogP contribution in [-0.4, -0.2) is 5.91 Å². The average molecular weight is 209 g/mol. The summed E-state index contributed by atoms with van der Waals surface area (Å²) in [6, 6.07) is 6.00.